The van der Waals surface area contributed by atoms with Crippen molar-refractivity contribution in [3.63, 3.8) is 0 Å². The van der Waals surface area contributed by atoms with Gasteiger partial charge in [0.2, 0.25) is 0 Å². The van der Waals surface area contributed by atoms with E-state index in [1.54, 1.807) is 0 Å². The van der Waals surface area contributed by atoms with Gasteiger partial charge in [-0.05, 0) is 37.4 Å². The first-order valence-electron chi connectivity index (χ1n) is 6.99. The van der Waals surface area contributed by atoms with Crippen LogP contribution in [0.3, 0.4) is 0 Å². The van der Waals surface area contributed by atoms with Crippen molar-refractivity contribution >= 4 is 11.8 Å². The van der Waals surface area contributed by atoms with E-state index in [0.29, 0.717) is 0 Å². The Bertz CT molecular complexity index is 224. The molecule has 1 saturated carbocycles. The third-order valence-corrected chi connectivity index (χ3v) is 5.60. The summed E-state index contributed by atoms with van der Waals surface area (Å²) in [6.45, 7) is 5.18. The summed E-state index contributed by atoms with van der Waals surface area (Å²) in [6, 6.07) is 0.822. The van der Waals surface area contributed by atoms with Gasteiger partial charge in [0.1, 0.15) is 0 Å². The zero-order chi connectivity index (χ0) is 10.8. The maximum atomic E-state index is 3.70. The number of thioether (sulfide) groups is 1. The molecule has 16 heavy (non-hydrogen) atoms. The number of hydrogen-bond acceptors (Lipinski definition) is 3. The standard InChI is InChI=1S/C13H24N2S/c1-2-8-16-12(3-1)9-15-7-6-14-13(10-15)11-4-5-11/h11-14H,1-10H2. The molecule has 3 heteroatoms. The molecule has 3 aliphatic rings. The molecule has 2 heterocycles. The molecule has 0 spiro atoms. The Hall–Kier alpha value is 0.270. The summed E-state index contributed by atoms with van der Waals surface area (Å²) in [5.41, 5.74) is 0. The lowest BCUT2D eigenvalue weighted by molar-refractivity contribution is 0.187. The van der Waals surface area contributed by atoms with Crippen LogP contribution in [0, 0.1) is 5.92 Å². The Balaban J connectivity index is 1.46. The number of nitrogens with zero attached hydrogens (tertiary/aromatic N) is 1. The van der Waals surface area contributed by atoms with Crippen molar-refractivity contribution in [3.05, 3.63) is 0 Å². The van der Waals surface area contributed by atoms with Gasteiger partial charge in [0.25, 0.3) is 0 Å². The van der Waals surface area contributed by atoms with E-state index in [0.717, 1.165) is 17.2 Å². The predicted octanol–water partition coefficient (Wildman–Crippen LogP) is 1.96. The minimum atomic E-state index is 0.822. The lowest BCUT2D eigenvalue weighted by Crippen LogP contribution is -2.53. The van der Waals surface area contributed by atoms with Gasteiger partial charge in [-0.1, -0.05) is 6.42 Å². The summed E-state index contributed by atoms with van der Waals surface area (Å²) in [5, 5.41) is 4.64. The van der Waals surface area contributed by atoms with Crippen molar-refractivity contribution in [2.75, 3.05) is 31.9 Å². The summed E-state index contributed by atoms with van der Waals surface area (Å²) in [6.07, 6.45) is 7.33. The molecule has 0 radical (unpaired) electrons. The molecule has 2 saturated heterocycles. The zero-order valence-corrected chi connectivity index (χ0v) is 11.0. The number of piperazine rings is 1. The molecule has 2 unspecified atom stereocenters. The second-order valence-electron chi connectivity index (χ2n) is 5.65. The first kappa shape index (κ1) is 11.4. The quantitative estimate of drug-likeness (QED) is 0.812. The maximum Gasteiger partial charge on any atom is 0.0223 e. The second kappa shape index (κ2) is 5.28. The SMILES string of the molecule is C1CCC(CN2CCNC(C3CC3)C2)SC1. The Morgan fingerprint density at radius 3 is 2.88 bits per heavy atom. The first-order valence-corrected chi connectivity index (χ1v) is 8.04. The van der Waals surface area contributed by atoms with E-state index >= 15 is 0 Å². The van der Waals surface area contributed by atoms with Crippen molar-refractivity contribution in [1.82, 2.24) is 10.2 Å². The van der Waals surface area contributed by atoms with Crippen LogP contribution in [0.2, 0.25) is 0 Å². The fraction of sp³-hybridized carbons (Fsp3) is 1.00. The molecule has 2 aliphatic heterocycles. The molecular formula is C13H24N2S. The van der Waals surface area contributed by atoms with Crippen molar-refractivity contribution in [2.45, 2.75) is 43.4 Å². The monoisotopic (exact) mass is 240 g/mol. The minimum Gasteiger partial charge on any atom is -0.311 e. The largest absolute Gasteiger partial charge is 0.311 e. The second-order valence-corrected chi connectivity index (χ2v) is 7.05. The van der Waals surface area contributed by atoms with Crippen LogP contribution >= 0.6 is 11.8 Å². The van der Waals surface area contributed by atoms with E-state index in [1.807, 2.05) is 0 Å². The molecule has 0 amide bonds. The molecule has 0 aromatic carbocycles. The van der Waals surface area contributed by atoms with Crippen LogP contribution in [0.1, 0.15) is 32.1 Å². The molecule has 3 rings (SSSR count). The summed E-state index contributed by atoms with van der Waals surface area (Å²) < 4.78 is 0. The highest BCUT2D eigenvalue weighted by Crippen LogP contribution is 2.34. The molecule has 0 aromatic heterocycles. The van der Waals surface area contributed by atoms with E-state index in [4.69, 9.17) is 0 Å². The normalized spacial score (nSPS) is 37.5. The Kier molecular flexibility index (Phi) is 3.75. The van der Waals surface area contributed by atoms with Crippen LogP contribution in [0.15, 0.2) is 0 Å². The fourth-order valence-electron chi connectivity index (χ4n) is 3.06. The number of hydrogen-bond donors (Lipinski definition) is 1. The van der Waals surface area contributed by atoms with Gasteiger partial charge < -0.3 is 5.32 Å². The van der Waals surface area contributed by atoms with Gasteiger partial charge in [0.05, 0.1) is 0 Å². The van der Waals surface area contributed by atoms with Gasteiger partial charge in [0, 0.05) is 37.5 Å². The zero-order valence-electron chi connectivity index (χ0n) is 10.2. The smallest absolute Gasteiger partial charge is 0.0223 e. The van der Waals surface area contributed by atoms with Crippen molar-refractivity contribution in [3.8, 4) is 0 Å². The Morgan fingerprint density at radius 1 is 1.19 bits per heavy atom. The highest BCUT2D eigenvalue weighted by Gasteiger charge is 2.34. The fourth-order valence-corrected chi connectivity index (χ4v) is 4.42. The first-order chi connectivity index (χ1) is 7.92. The highest BCUT2D eigenvalue weighted by atomic mass is 32.2. The van der Waals surface area contributed by atoms with Crippen molar-refractivity contribution in [2.24, 2.45) is 5.92 Å². The van der Waals surface area contributed by atoms with Crippen LogP contribution in [0.25, 0.3) is 0 Å². The van der Waals surface area contributed by atoms with Gasteiger partial charge >= 0.3 is 0 Å². The predicted molar refractivity (Wildman–Crippen MR) is 71.1 cm³/mol. The van der Waals surface area contributed by atoms with Gasteiger partial charge in [-0.25, -0.2) is 0 Å². The summed E-state index contributed by atoms with van der Waals surface area (Å²) in [7, 11) is 0. The number of nitrogens with one attached hydrogen (secondary N) is 1. The third kappa shape index (κ3) is 2.93. The summed E-state index contributed by atoms with van der Waals surface area (Å²) in [5.74, 6) is 2.42. The van der Waals surface area contributed by atoms with Crippen molar-refractivity contribution in [1.29, 1.82) is 0 Å². The molecule has 0 aromatic rings. The van der Waals surface area contributed by atoms with Gasteiger partial charge in [-0.2, -0.15) is 11.8 Å². The van der Waals surface area contributed by atoms with E-state index < -0.39 is 0 Å². The molecular weight excluding hydrogens is 216 g/mol. The van der Waals surface area contributed by atoms with E-state index in [9.17, 15) is 0 Å². The highest BCUT2D eigenvalue weighted by molar-refractivity contribution is 7.99. The molecule has 2 nitrogen and oxygen atoms in total. The van der Waals surface area contributed by atoms with Crippen LogP contribution in [0.5, 0.6) is 0 Å². The van der Waals surface area contributed by atoms with Gasteiger partial charge in [-0.3, -0.25) is 4.90 Å². The molecule has 2 atom stereocenters. The van der Waals surface area contributed by atoms with E-state index in [2.05, 4.69) is 22.0 Å². The van der Waals surface area contributed by atoms with Crippen LogP contribution in [-0.4, -0.2) is 48.1 Å². The van der Waals surface area contributed by atoms with E-state index in [-0.39, 0.29) is 0 Å². The number of rotatable bonds is 3. The molecule has 1 aliphatic carbocycles. The van der Waals surface area contributed by atoms with E-state index in [1.165, 1.54) is 64.0 Å². The average Bonchev–Trinajstić information content (AvgIpc) is 3.15. The van der Waals surface area contributed by atoms with Crippen LogP contribution in [-0.2, 0) is 0 Å². The summed E-state index contributed by atoms with van der Waals surface area (Å²) in [4.78, 5) is 2.72. The lowest BCUT2D eigenvalue weighted by atomic mass is 10.1. The Labute approximate surface area is 104 Å². The maximum absolute atomic E-state index is 3.70. The summed E-state index contributed by atoms with van der Waals surface area (Å²) >= 11 is 2.22. The minimum absolute atomic E-state index is 0.822. The average molecular weight is 240 g/mol. The third-order valence-electron chi connectivity index (χ3n) is 4.22. The molecule has 1 N–H and O–H groups in total. The molecule has 3 fully saturated rings. The Morgan fingerprint density at radius 2 is 2.12 bits per heavy atom. The van der Waals surface area contributed by atoms with Gasteiger partial charge in [-0.15, -0.1) is 0 Å². The van der Waals surface area contributed by atoms with Gasteiger partial charge in [0.15, 0.2) is 0 Å². The van der Waals surface area contributed by atoms with Crippen LogP contribution in [0.4, 0.5) is 0 Å². The topological polar surface area (TPSA) is 15.3 Å². The lowest BCUT2D eigenvalue weighted by Gasteiger charge is -2.36. The van der Waals surface area contributed by atoms with Crippen molar-refractivity contribution < 1.29 is 0 Å². The molecule has 0 bridgehead atoms. The van der Waals surface area contributed by atoms with Crippen LogP contribution < -0.4 is 5.32 Å². The molecule has 92 valence electrons.